The molecule has 0 aliphatic carbocycles. The van der Waals surface area contributed by atoms with Gasteiger partial charge in [0.1, 0.15) is 5.75 Å². The summed E-state index contributed by atoms with van der Waals surface area (Å²) in [5.41, 5.74) is 6.07. The Balaban J connectivity index is 2.16. The van der Waals surface area contributed by atoms with Gasteiger partial charge in [-0.2, -0.15) is 11.3 Å². The highest BCUT2D eigenvalue weighted by Crippen LogP contribution is 2.38. The van der Waals surface area contributed by atoms with Crippen molar-refractivity contribution in [3.05, 3.63) is 70.4 Å². The van der Waals surface area contributed by atoms with Crippen molar-refractivity contribution in [3.63, 3.8) is 0 Å². The summed E-state index contributed by atoms with van der Waals surface area (Å²) in [5.74, 6) is 0.227. The molecule has 124 valence electrons. The first-order chi connectivity index (χ1) is 12.2. The third kappa shape index (κ3) is 2.49. The van der Waals surface area contributed by atoms with Crippen molar-refractivity contribution in [1.29, 1.82) is 0 Å². The van der Waals surface area contributed by atoms with Crippen molar-refractivity contribution < 1.29 is 10.3 Å². The number of rotatable bonds is 3. The standard InChI is InChI=1S/C20H16N2O2S/c1-13-11-25-12-18(13)20-17(10-21-24)16-4-2-3-5-19(16)22(20)14-6-8-15(23)9-7-14/h2-12,23-24H,1H3/b21-10+. The summed E-state index contributed by atoms with van der Waals surface area (Å²) in [7, 11) is 0. The lowest BCUT2D eigenvalue weighted by molar-refractivity contribution is 0.322. The molecule has 0 fully saturated rings. The van der Waals surface area contributed by atoms with E-state index in [1.54, 1.807) is 23.5 Å². The Labute approximate surface area is 148 Å². The summed E-state index contributed by atoms with van der Waals surface area (Å²) in [5, 5.41) is 27.4. The molecule has 0 unspecified atom stereocenters. The summed E-state index contributed by atoms with van der Waals surface area (Å²) < 4.78 is 2.14. The fourth-order valence-electron chi connectivity index (χ4n) is 3.19. The molecule has 4 aromatic rings. The monoisotopic (exact) mass is 348 g/mol. The minimum atomic E-state index is 0.227. The summed E-state index contributed by atoms with van der Waals surface area (Å²) in [6.45, 7) is 2.07. The van der Waals surface area contributed by atoms with E-state index in [2.05, 4.69) is 27.4 Å². The van der Waals surface area contributed by atoms with Gasteiger partial charge in [-0.05, 0) is 48.2 Å². The van der Waals surface area contributed by atoms with Crippen LogP contribution >= 0.6 is 11.3 Å². The summed E-state index contributed by atoms with van der Waals surface area (Å²) in [6.07, 6.45) is 1.49. The van der Waals surface area contributed by atoms with Gasteiger partial charge in [0, 0.05) is 27.6 Å². The van der Waals surface area contributed by atoms with Gasteiger partial charge in [-0.3, -0.25) is 0 Å². The smallest absolute Gasteiger partial charge is 0.115 e. The largest absolute Gasteiger partial charge is 0.508 e. The Morgan fingerprint density at radius 1 is 1.04 bits per heavy atom. The fourth-order valence-corrected chi connectivity index (χ4v) is 4.02. The Morgan fingerprint density at radius 2 is 1.80 bits per heavy atom. The molecule has 2 aromatic carbocycles. The Hall–Kier alpha value is -3.05. The normalized spacial score (nSPS) is 11.6. The number of fused-ring (bicyclic) bond motifs is 1. The number of thiophene rings is 1. The minimum Gasteiger partial charge on any atom is -0.508 e. The molecule has 5 heteroatoms. The lowest BCUT2D eigenvalue weighted by atomic mass is 10.1. The second kappa shape index (κ2) is 6.11. The molecule has 0 atom stereocenters. The molecule has 2 heterocycles. The maximum Gasteiger partial charge on any atom is 0.115 e. The van der Waals surface area contributed by atoms with Gasteiger partial charge >= 0.3 is 0 Å². The first kappa shape index (κ1) is 15.5. The van der Waals surface area contributed by atoms with Gasteiger partial charge in [-0.25, -0.2) is 0 Å². The van der Waals surface area contributed by atoms with Crippen LogP contribution in [-0.4, -0.2) is 21.1 Å². The number of oxime groups is 1. The predicted octanol–water partition coefficient (Wildman–Crippen LogP) is 5.18. The molecule has 0 radical (unpaired) electrons. The van der Waals surface area contributed by atoms with Crippen LogP contribution in [0.3, 0.4) is 0 Å². The molecule has 0 aliphatic rings. The number of aryl methyl sites for hydroxylation is 1. The molecule has 4 nitrogen and oxygen atoms in total. The lowest BCUT2D eigenvalue weighted by Gasteiger charge is -2.12. The van der Waals surface area contributed by atoms with E-state index in [9.17, 15) is 10.3 Å². The van der Waals surface area contributed by atoms with Crippen LogP contribution in [0.15, 0.2) is 64.4 Å². The van der Waals surface area contributed by atoms with Crippen LogP contribution in [-0.2, 0) is 0 Å². The molecule has 0 saturated carbocycles. The SMILES string of the molecule is Cc1cscc1-c1c(/C=N/O)c2ccccc2n1-c1ccc(O)cc1. The van der Waals surface area contributed by atoms with Crippen molar-refractivity contribution in [2.45, 2.75) is 6.92 Å². The zero-order valence-electron chi connectivity index (χ0n) is 13.5. The number of nitrogens with zero attached hydrogens (tertiary/aromatic N) is 2. The van der Waals surface area contributed by atoms with E-state index in [-0.39, 0.29) is 5.75 Å². The number of benzene rings is 2. The molecule has 0 aliphatic heterocycles. The van der Waals surface area contributed by atoms with Gasteiger partial charge in [0.25, 0.3) is 0 Å². The molecule has 25 heavy (non-hydrogen) atoms. The molecule has 0 spiro atoms. The van der Waals surface area contributed by atoms with Crippen LogP contribution in [0.1, 0.15) is 11.1 Å². The number of aromatic nitrogens is 1. The second-order valence-electron chi connectivity index (χ2n) is 5.84. The predicted molar refractivity (Wildman–Crippen MR) is 102 cm³/mol. The Bertz CT molecular complexity index is 1070. The summed E-state index contributed by atoms with van der Waals surface area (Å²) >= 11 is 1.64. The summed E-state index contributed by atoms with van der Waals surface area (Å²) in [4.78, 5) is 0. The Morgan fingerprint density at radius 3 is 2.48 bits per heavy atom. The highest BCUT2D eigenvalue weighted by atomic mass is 32.1. The molecular weight excluding hydrogens is 332 g/mol. The number of hydrogen-bond donors (Lipinski definition) is 2. The zero-order chi connectivity index (χ0) is 17.4. The quantitative estimate of drug-likeness (QED) is 0.304. The van der Waals surface area contributed by atoms with E-state index in [1.165, 1.54) is 11.8 Å². The maximum atomic E-state index is 9.64. The van der Waals surface area contributed by atoms with Crippen LogP contribution < -0.4 is 0 Å². The molecule has 2 aromatic heterocycles. The van der Waals surface area contributed by atoms with E-state index >= 15 is 0 Å². The van der Waals surface area contributed by atoms with Crippen molar-refractivity contribution in [3.8, 4) is 22.7 Å². The van der Waals surface area contributed by atoms with Crippen LogP contribution in [0.25, 0.3) is 27.8 Å². The molecular formula is C20H16N2O2S. The molecule has 0 bridgehead atoms. The fraction of sp³-hybridized carbons (Fsp3) is 0.0500. The minimum absolute atomic E-state index is 0.227. The zero-order valence-corrected chi connectivity index (χ0v) is 14.4. The van der Waals surface area contributed by atoms with Gasteiger partial charge in [0.05, 0.1) is 17.4 Å². The van der Waals surface area contributed by atoms with E-state index in [1.807, 2.05) is 36.4 Å². The van der Waals surface area contributed by atoms with E-state index in [0.717, 1.165) is 33.4 Å². The average Bonchev–Trinajstić information content (AvgIpc) is 3.18. The van der Waals surface area contributed by atoms with Crippen molar-refractivity contribution in [2.24, 2.45) is 5.16 Å². The second-order valence-corrected chi connectivity index (χ2v) is 6.59. The van der Waals surface area contributed by atoms with Crippen LogP contribution in [0, 0.1) is 6.92 Å². The molecule has 0 amide bonds. The van der Waals surface area contributed by atoms with Crippen molar-refractivity contribution in [2.75, 3.05) is 0 Å². The topological polar surface area (TPSA) is 57.8 Å². The van der Waals surface area contributed by atoms with Crippen molar-refractivity contribution in [1.82, 2.24) is 4.57 Å². The summed E-state index contributed by atoms with van der Waals surface area (Å²) in [6, 6.07) is 15.1. The van der Waals surface area contributed by atoms with Crippen LogP contribution in [0.5, 0.6) is 5.75 Å². The number of para-hydroxylation sites is 1. The number of aromatic hydroxyl groups is 1. The average molecular weight is 348 g/mol. The number of phenolic OH excluding ortho intramolecular Hbond substituents is 1. The maximum absolute atomic E-state index is 9.64. The molecule has 2 N–H and O–H groups in total. The van der Waals surface area contributed by atoms with Gasteiger partial charge in [0.15, 0.2) is 0 Å². The van der Waals surface area contributed by atoms with Gasteiger partial charge in [0.2, 0.25) is 0 Å². The highest BCUT2D eigenvalue weighted by molar-refractivity contribution is 7.08. The van der Waals surface area contributed by atoms with Gasteiger partial charge < -0.3 is 14.9 Å². The molecule has 0 saturated heterocycles. The third-order valence-electron chi connectivity index (χ3n) is 4.32. The van der Waals surface area contributed by atoms with Crippen LogP contribution in [0.4, 0.5) is 0 Å². The molecule has 4 rings (SSSR count). The van der Waals surface area contributed by atoms with Gasteiger partial charge in [-0.1, -0.05) is 23.4 Å². The first-order valence-electron chi connectivity index (χ1n) is 7.84. The highest BCUT2D eigenvalue weighted by Gasteiger charge is 2.20. The van der Waals surface area contributed by atoms with Gasteiger partial charge in [-0.15, -0.1) is 0 Å². The van der Waals surface area contributed by atoms with Crippen molar-refractivity contribution >= 4 is 28.5 Å². The Kier molecular flexibility index (Phi) is 3.78. The van der Waals surface area contributed by atoms with E-state index in [0.29, 0.717) is 0 Å². The first-order valence-corrected chi connectivity index (χ1v) is 8.78. The van der Waals surface area contributed by atoms with Crippen LogP contribution in [0.2, 0.25) is 0 Å². The lowest BCUT2D eigenvalue weighted by Crippen LogP contribution is -1.98. The third-order valence-corrected chi connectivity index (χ3v) is 5.18. The van der Waals surface area contributed by atoms with E-state index in [4.69, 9.17) is 0 Å². The number of phenols is 1. The van der Waals surface area contributed by atoms with E-state index < -0.39 is 0 Å². The number of hydrogen-bond acceptors (Lipinski definition) is 4.